The van der Waals surface area contributed by atoms with Crippen LogP contribution in [0.5, 0.6) is 0 Å². The highest BCUT2D eigenvalue weighted by molar-refractivity contribution is 5.68. The summed E-state index contributed by atoms with van der Waals surface area (Å²) in [5, 5.41) is 11.0. The molecule has 1 aliphatic rings. The minimum Gasteiger partial charge on any atom is -0.444 e. The minimum atomic E-state index is -0.468. The number of rotatable bonds is 4. The number of amides is 1. The topological polar surface area (TPSA) is 68.2 Å². The molecule has 0 radical (unpaired) electrons. The molecule has 6 heteroatoms. The molecule has 22 heavy (non-hydrogen) atoms. The summed E-state index contributed by atoms with van der Waals surface area (Å²) in [6.07, 6.45) is 5.66. The Labute approximate surface area is 132 Å². The van der Waals surface area contributed by atoms with Gasteiger partial charge in [0, 0.05) is 19.3 Å². The summed E-state index contributed by atoms with van der Waals surface area (Å²) in [5.41, 5.74) is 1.66. The Balaban J connectivity index is 1.97. The molecule has 0 saturated heterocycles. The molecule has 6 nitrogen and oxygen atoms in total. The highest BCUT2D eigenvalue weighted by Crippen LogP contribution is 2.25. The number of aryl methyl sites for hydroxylation is 2. The quantitative estimate of drug-likeness (QED) is 0.897. The van der Waals surface area contributed by atoms with Crippen molar-refractivity contribution in [2.75, 3.05) is 5.32 Å². The predicted molar refractivity (Wildman–Crippen MR) is 87.0 cm³/mol. The molecule has 0 unspecified atom stereocenters. The van der Waals surface area contributed by atoms with E-state index >= 15 is 0 Å². The van der Waals surface area contributed by atoms with Crippen LogP contribution in [-0.2, 0) is 18.2 Å². The van der Waals surface area contributed by atoms with Gasteiger partial charge in [-0.3, -0.25) is 4.68 Å². The second-order valence-corrected chi connectivity index (χ2v) is 6.95. The molecular formula is C16H28N4O2. The number of carbonyl (C=O) groups excluding carboxylic acids is 1. The number of hydrogen-bond acceptors (Lipinski definition) is 4. The van der Waals surface area contributed by atoms with Crippen LogP contribution in [0.2, 0.25) is 0 Å². The van der Waals surface area contributed by atoms with Gasteiger partial charge in [0.15, 0.2) is 0 Å². The number of alkyl carbamates (subject to hydrolysis) is 1. The molecule has 0 aliphatic heterocycles. The lowest BCUT2D eigenvalue weighted by atomic mass is 10.1. The third-order valence-corrected chi connectivity index (χ3v) is 3.80. The molecule has 1 heterocycles. The molecule has 2 rings (SSSR count). The first-order valence-electron chi connectivity index (χ1n) is 8.07. The van der Waals surface area contributed by atoms with Crippen molar-refractivity contribution in [2.24, 2.45) is 7.05 Å². The lowest BCUT2D eigenvalue weighted by molar-refractivity contribution is 0.0503. The summed E-state index contributed by atoms with van der Waals surface area (Å²) < 4.78 is 7.18. The molecule has 0 aromatic carbocycles. The largest absolute Gasteiger partial charge is 0.444 e. The number of ether oxygens (including phenoxy) is 1. The number of carbonyl (C=O) groups is 1. The molecule has 0 spiro atoms. The predicted octanol–water partition coefficient (Wildman–Crippen LogP) is 2.84. The molecule has 0 bridgehead atoms. The molecule has 1 saturated carbocycles. The van der Waals surface area contributed by atoms with Gasteiger partial charge in [-0.25, -0.2) is 4.79 Å². The maximum atomic E-state index is 12.0. The van der Waals surface area contributed by atoms with E-state index in [0.29, 0.717) is 0 Å². The van der Waals surface area contributed by atoms with E-state index < -0.39 is 5.60 Å². The smallest absolute Gasteiger partial charge is 0.407 e. The van der Waals surface area contributed by atoms with Gasteiger partial charge in [-0.05, 0) is 46.5 Å². The number of anilines is 1. The van der Waals surface area contributed by atoms with Crippen LogP contribution >= 0.6 is 0 Å². The van der Waals surface area contributed by atoms with E-state index in [0.717, 1.165) is 37.1 Å². The first-order valence-corrected chi connectivity index (χ1v) is 8.07. The summed E-state index contributed by atoms with van der Waals surface area (Å²) in [4.78, 5) is 12.0. The number of nitrogens with zero attached hydrogens (tertiary/aromatic N) is 2. The van der Waals surface area contributed by atoms with E-state index in [1.165, 1.54) is 0 Å². The van der Waals surface area contributed by atoms with Crippen LogP contribution in [0.1, 0.15) is 52.7 Å². The first kappa shape index (κ1) is 16.6. The summed E-state index contributed by atoms with van der Waals surface area (Å²) in [7, 11) is 1.93. The Hall–Kier alpha value is -1.72. The fourth-order valence-corrected chi connectivity index (χ4v) is 2.88. The number of nitrogens with one attached hydrogen (secondary N) is 2. The van der Waals surface area contributed by atoms with Crippen LogP contribution in [0.3, 0.4) is 0 Å². The highest BCUT2D eigenvalue weighted by atomic mass is 16.6. The van der Waals surface area contributed by atoms with Gasteiger partial charge in [0.25, 0.3) is 0 Å². The first-order chi connectivity index (χ1) is 10.3. The molecular weight excluding hydrogens is 280 g/mol. The van der Waals surface area contributed by atoms with Crippen LogP contribution in [-0.4, -0.2) is 33.6 Å². The zero-order chi connectivity index (χ0) is 16.3. The number of hydrogen-bond donors (Lipinski definition) is 2. The Bertz CT molecular complexity index is 519. The minimum absolute atomic E-state index is 0.0970. The molecule has 2 N–H and O–H groups in total. The van der Waals surface area contributed by atoms with Crippen LogP contribution in [0.4, 0.5) is 10.5 Å². The second kappa shape index (κ2) is 6.58. The van der Waals surface area contributed by atoms with Crippen LogP contribution in [0, 0.1) is 0 Å². The monoisotopic (exact) mass is 308 g/mol. The van der Waals surface area contributed by atoms with Crippen molar-refractivity contribution in [1.29, 1.82) is 0 Å². The average molecular weight is 308 g/mol. The molecule has 1 aromatic heterocycles. The maximum Gasteiger partial charge on any atom is 0.407 e. The van der Waals surface area contributed by atoms with Crippen LogP contribution in [0.15, 0.2) is 6.20 Å². The van der Waals surface area contributed by atoms with Crippen molar-refractivity contribution in [3.05, 3.63) is 11.9 Å². The summed E-state index contributed by atoms with van der Waals surface area (Å²) in [6.45, 7) is 7.72. The van der Waals surface area contributed by atoms with Gasteiger partial charge in [0.05, 0.1) is 17.4 Å². The van der Waals surface area contributed by atoms with Gasteiger partial charge in [0.1, 0.15) is 5.60 Å². The summed E-state index contributed by atoms with van der Waals surface area (Å²) >= 11 is 0. The summed E-state index contributed by atoms with van der Waals surface area (Å²) in [6, 6.07) is 0.321. The van der Waals surface area contributed by atoms with Crippen molar-refractivity contribution < 1.29 is 9.53 Å². The van der Waals surface area contributed by atoms with E-state index in [1.807, 2.05) is 38.7 Å². The SMILES string of the molecule is CCc1nn(C)cc1N[C@H]1CCC[C@H]1NC(=O)OC(C)(C)C. The normalized spacial score (nSPS) is 21.7. The van der Waals surface area contributed by atoms with E-state index in [9.17, 15) is 4.79 Å². The van der Waals surface area contributed by atoms with Gasteiger partial charge in [0.2, 0.25) is 0 Å². The third-order valence-electron chi connectivity index (χ3n) is 3.80. The molecule has 124 valence electrons. The average Bonchev–Trinajstić information content (AvgIpc) is 2.94. The van der Waals surface area contributed by atoms with E-state index in [4.69, 9.17) is 4.74 Å². The number of aromatic nitrogens is 2. The maximum absolute atomic E-state index is 12.0. The zero-order valence-electron chi connectivity index (χ0n) is 14.3. The molecule has 1 aliphatic carbocycles. The van der Waals surface area contributed by atoms with Gasteiger partial charge in [-0.1, -0.05) is 6.92 Å². The summed E-state index contributed by atoms with van der Waals surface area (Å²) in [5.74, 6) is 0. The van der Waals surface area contributed by atoms with E-state index in [2.05, 4.69) is 22.7 Å². The molecule has 1 aromatic rings. The third kappa shape index (κ3) is 4.39. The Morgan fingerprint density at radius 3 is 2.73 bits per heavy atom. The van der Waals surface area contributed by atoms with Crippen molar-refractivity contribution >= 4 is 11.8 Å². The van der Waals surface area contributed by atoms with Crippen LogP contribution < -0.4 is 10.6 Å². The lowest BCUT2D eigenvalue weighted by Gasteiger charge is -2.25. The zero-order valence-corrected chi connectivity index (χ0v) is 14.3. The van der Waals surface area contributed by atoms with Gasteiger partial charge in [-0.2, -0.15) is 5.10 Å². The fraction of sp³-hybridized carbons (Fsp3) is 0.750. The van der Waals surface area contributed by atoms with E-state index in [1.54, 1.807) is 0 Å². The highest BCUT2D eigenvalue weighted by Gasteiger charge is 2.30. The standard InChI is InChI=1S/C16H28N4O2/c1-6-11-14(10-20(5)19-11)17-12-8-7-9-13(12)18-15(21)22-16(2,3)4/h10,12-13,17H,6-9H2,1-5H3,(H,18,21)/t12-,13+/m0/s1. The van der Waals surface area contributed by atoms with Crippen LogP contribution in [0.25, 0.3) is 0 Å². The Kier molecular flexibility index (Phi) is 4.98. The van der Waals surface area contributed by atoms with E-state index in [-0.39, 0.29) is 18.2 Å². The lowest BCUT2D eigenvalue weighted by Crippen LogP contribution is -2.45. The van der Waals surface area contributed by atoms with Crippen molar-refractivity contribution in [2.45, 2.75) is 71.1 Å². The van der Waals surface area contributed by atoms with Gasteiger partial charge < -0.3 is 15.4 Å². The molecule has 1 amide bonds. The van der Waals surface area contributed by atoms with Gasteiger partial charge >= 0.3 is 6.09 Å². The molecule has 1 fully saturated rings. The van der Waals surface area contributed by atoms with Gasteiger partial charge in [-0.15, -0.1) is 0 Å². The van der Waals surface area contributed by atoms with Crippen molar-refractivity contribution in [3.8, 4) is 0 Å². The van der Waals surface area contributed by atoms with Crippen molar-refractivity contribution in [3.63, 3.8) is 0 Å². The second-order valence-electron chi connectivity index (χ2n) is 6.95. The fourth-order valence-electron chi connectivity index (χ4n) is 2.88. The Morgan fingerprint density at radius 1 is 1.41 bits per heavy atom. The Morgan fingerprint density at radius 2 is 2.09 bits per heavy atom. The molecule has 2 atom stereocenters. The van der Waals surface area contributed by atoms with Crippen molar-refractivity contribution in [1.82, 2.24) is 15.1 Å².